The molecule has 1 aliphatic rings. The molecule has 1 aliphatic heterocycles. The summed E-state index contributed by atoms with van der Waals surface area (Å²) in [4.78, 5) is 17.8. The van der Waals surface area contributed by atoms with Gasteiger partial charge in [-0.25, -0.2) is 0 Å². The quantitative estimate of drug-likeness (QED) is 0.795. The number of likely N-dealkylation sites (N-methyl/N-ethyl adjacent to an activating group) is 1. The number of hydrogen-bond acceptors (Lipinski definition) is 3. The molecule has 122 valence electrons. The number of carbonyl (C=O) groups excluding carboxylic acids is 1. The van der Waals surface area contributed by atoms with Gasteiger partial charge in [0.25, 0.3) is 0 Å². The van der Waals surface area contributed by atoms with Crippen molar-refractivity contribution in [1.29, 1.82) is 0 Å². The van der Waals surface area contributed by atoms with Crippen LogP contribution in [0.1, 0.15) is 48.0 Å². The maximum Gasteiger partial charge on any atom is 0.219 e. The van der Waals surface area contributed by atoms with Crippen LogP contribution in [0.3, 0.4) is 0 Å². The number of amides is 1. The van der Waals surface area contributed by atoms with Crippen LogP contribution in [-0.2, 0) is 4.79 Å². The second kappa shape index (κ2) is 14.8. The summed E-state index contributed by atoms with van der Waals surface area (Å²) in [6.45, 7) is 19.3. The molecule has 1 saturated heterocycles. The average molecular weight is 287 g/mol. The Morgan fingerprint density at radius 3 is 1.85 bits per heavy atom. The zero-order valence-electron chi connectivity index (χ0n) is 14.9. The maximum absolute atomic E-state index is 11.1. The van der Waals surface area contributed by atoms with Crippen molar-refractivity contribution in [3.8, 4) is 0 Å². The van der Waals surface area contributed by atoms with Gasteiger partial charge in [-0.05, 0) is 13.6 Å². The molecule has 1 heterocycles. The molecule has 0 aromatic carbocycles. The second-order valence-corrected chi connectivity index (χ2v) is 4.95. The van der Waals surface area contributed by atoms with Gasteiger partial charge in [-0.3, -0.25) is 9.69 Å². The van der Waals surface area contributed by atoms with E-state index in [2.05, 4.69) is 37.6 Å². The lowest BCUT2D eigenvalue weighted by Crippen LogP contribution is -2.49. The fourth-order valence-electron chi connectivity index (χ4n) is 1.76. The summed E-state index contributed by atoms with van der Waals surface area (Å²) in [6, 6.07) is 0. The van der Waals surface area contributed by atoms with Gasteiger partial charge in [-0.2, -0.15) is 0 Å². The molecule has 1 fully saturated rings. The Morgan fingerprint density at radius 1 is 1.05 bits per heavy atom. The summed E-state index contributed by atoms with van der Waals surface area (Å²) < 4.78 is 0. The highest BCUT2D eigenvalue weighted by molar-refractivity contribution is 5.73. The average Bonchev–Trinajstić information content (AvgIpc) is 2.48. The Labute approximate surface area is 127 Å². The number of nitrogens with zero attached hydrogens (tertiary/aromatic N) is 3. The van der Waals surface area contributed by atoms with E-state index in [-0.39, 0.29) is 5.91 Å². The first-order valence-electron chi connectivity index (χ1n) is 8.21. The molecule has 4 heteroatoms. The van der Waals surface area contributed by atoms with E-state index < -0.39 is 0 Å². The van der Waals surface area contributed by atoms with Crippen molar-refractivity contribution in [2.75, 3.05) is 52.9 Å². The van der Waals surface area contributed by atoms with Crippen LogP contribution in [0.4, 0.5) is 0 Å². The van der Waals surface area contributed by atoms with Crippen molar-refractivity contribution >= 4 is 5.91 Å². The zero-order valence-corrected chi connectivity index (χ0v) is 14.9. The fourth-order valence-corrected chi connectivity index (χ4v) is 1.76. The third-order valence-corrected chi connectivity index (χ3v) is 3.16. The van der Waals surface area contributed by atoms with Crippen LogP contribution >= 0.6 is 0 Å². The summed E-state index contributed by atoms with van der Waals surface area (Å²) in [5.41, 5.74) is 0. The van der Waals surface area contributed by atoms with E-state index in [1.165, 1.54) is 6.42 Å². The van der Waals surface area contributed by atoms with E-state index in [4.69, 9.17) is 0 Å². The third kappa shape index (κ3) is 11.2. The molecule has 0 unspecified atom stereocenters. The van der Waals surface area contributed by atoms with Crippen LogP contribution < -0.4 is 0 Å². The monoisotopic (exact) mass is 287 g/mol. The van der Waals surface area contributed by atoms with Gasteiger partial charge in [0, 0.05) is 46.2 Å². The number of piperazine rings is 1. The van der Waals surface area contributed by atoms with Crippen molar-refractivity contribution < 1.29 is 4.79 Å². The van der Waals surface area contributed by atoms with Crippen LogP contribution in [0.15, 0.2) is 0 Å². The van der Waals surface area contributed by atoms with Gasteiger partial charge in [0.05, 0.1) is 0 Å². The van der Waals surface area contributed by atoms with Crippen LogP contribution in [-0.4, -0.2) is 73.5 Å². The maximum atomic E-state index is 11.1. The minimum absolute atomic E-state index is 0.209. The third-order valence-electron chi connectivity index (χ3n) is 3.16. The van der Waals surface area contributed by atoms with Gasteiger partial charge < -0.3 is 9.80 Å². The Balaban J connectivity index is 0. The number of hydrogen-bond donors (Lipinski definition) is 0. The van der Waals surface area contributed by atoms with E-state index in [0.29, 0.717) is 0 Å². The first-order chi connectivity index (χ1) is 9.54. The second-order valence-electron chi connectivity index (χ2n) is 4.95. The SMILES string of the molecule is CC.CCC.CCN(C)CCN1CCN(C(C)=O)CC1. The molecule has 0 saturated carbocycles. The van der Waals surface area contributed by atoms with Crippen molar-refractivity contribution in [3.05, 3.63) is 0 Å². The van der Waals surface area contributed by atoms with Gasteiger partial charge in [0.15, 0.2) is 0 Å². The standard InChI is InChI=1S/C11H23N3O.C3H8.C2H6/c1-4-12(3)5-6-13-7-9-14(10-8-13)11(2)15;1-3-2;1-2/h4-10H2,1-3H3;3H2,1-2H3;1-2H3. The van der Waals surface area contributed by atoms with E-state index in [1.807, 2.05) is 18.7 Å². The molecule has 1 rings (SSSR count). The molecule has 0 atom stereocenters. The van der Waals surface area contributed by atoms with Crippen LogP contribution in [0.5, 0.6) is 0 Å². The molecule has 0 aromatic rings. The molecule has 4 nitrogen and oxygen atoms in total. The van der Waals surface area contributed by atoms with Gasteiger partial charge in [-0.1, -0.05) is 41.0 Å². The molecule has 1 amide bonds. The minimum atomic E-state index is 0.209. The summed E-state index contributed by atoms with van der Waals surface area (Å²) in [5.74, 6) is 0.209. The Kier molecular flexibility index (Phi) is 16.0. The highest BCUT2D eigenvalue weighted by Crippen LogP contribution is 2.01. The molecular weight excluding hydrogens is 250 g/mol. The molecule has 0 radical (unpaired) electrons. The lowest BCUT2D eigenvalue weighted by molar-refractivity contribution is -0.130. The summed E-state index contributed by atoms with van der Waals surface area (Å²) in [6.07, 6.45) is 1.25. The first-order valence-corrected chi connectivity index (χ1v) is 8.21. The van der Waals surface area contributed by atoms with Crippen molar-refractivity contribution in [1.82, 2.24) is 14.7 Å². The van der Waals surface area contributed by atoms with Gasteiger partial charge in [0.2, 0.25) is 5.91 Å². The van der Waals surface area contributed by atoms with E-state index >= 15 is 0 Å². The van der Waals surface area contributed by atoms with Crippen molar-refractivity contribution in [2.24, 2.45) is 0 Å². The molecular formula is C16H37N3O. The summed E-state index contributed by atoms with van der Waals surface area (Å²) in [7, 11) is 2.14. The van der Waals surface area contributed by atoms with Gasteiger partial charge in [-0.15, -0.1) is 0 Å². The lowest BCUT2D eigenvalue weighted by atomic mass is 10.3. The predicted molar refractivity (Wildman–Crippen MR) is 89.2 cm³/mol. The van der Waals surface area contributed by atoms with E-state index in [9.17, 15) is 4.79 Å². The normalized spacial score (nSPS) is 15.1. The molecule has 20 heavy (non-hydrogen) atoms. The van der Waals surface area contributed by atoms with Crippen molar-refractivity contribution in [2.45, 2.75) is 48.0 Å². The largest absolute Gasteiger partial charge is 0.340 e. The Hall–Kier alpha value is -0.610. The van der Waals surface area contributed by atoms with Crippen LogP contribution in [0.2, 0.25) is 0 Å². The lowest BCUT2D eigenvalue weighted by Gasteiger charge is -2.34. The number of carbonyl (C=O) groups is 1. The smallest absolute Gasteiger partial charge is 0.219 e. The fraction of sp³-hybridized carbons (Fsp3) is 0.938. The molecule has 0 bridgehead atoms. The highest BCUT2D eigenvalue weighted by atomic mass is 16.2. The van der Waals surface area contributed by atoms with Gasteiger partial charge >= 0.3 is 0 Å². The topological polar surface area (TPSA) is 26.8 Å². The number of rotatable bonds is 4. The summed E-state index contributed by atoms with van der Waals surface area (Å²) >= 11 is 0. The van der Waals surface area contributed by atoms with Crippen LogP contribution in [0, 0.1) is 0 Å². The van der Waals surface area contributed by atoms with Crippen molar-refractivity contribution in [3.63, 3.8) is 0 Å². The van der Waals surface area contributed by atoms with Crippen LogP contribution in [0.25, 0.3) is 0 Å². The Morgan fingerprint density at radius 2 is 1.50 bits per heavy atom. The first kappa shape index (κ1) is 21.7. The Bertz CT molecular complexity index is 214. The molecule has 0 aliphatic carbocycles. The zero-order chi connectivity index (χ0) is 16.0. The molecule has 0 N–H and O–H groups in total. The highest BCUT2D eigenvalue weighted by Gasteiger charge is 2.17. The summed E-state index contributed by atoms with van der Waals surface area (Å²) in [5, 5.41) is 0. The van der Waals surface area contributed by atoms with Gasteiger partial charge in [0.1, 0.15) is 0 Å². The predicted octanol–water partition coefficient (Wildman–Crippen LogP) is 2.54. The minimum Gasteiger partial charge on any atom is -0.340 e. The van der Waals surface area contributed by atoms with E-state index in [1.54, 1.807) is 6.92 Å². The molecule has 0 aromatic heterocycles. The molecule has 0 spiro atoms. The van der Waals surface area contributed by atoms with E-state index in [0.717, 1.165) is 45.8 Å².